The van der Waals surface area contributed by atoms with Crippen molar-refractivity contribution in [1.82, 2.24) is 10.2 Å². The molecule has 1 atom stereocenters. The van der Waals surface area contributed by atoms with E-state index in [4.69, 9.17) is 0 Å². The van der Waals surface area contributed by atoms with Gasteiger partial charge in [-0.25, -0.2) is 8.42 Å². The van der Waals surface area contributed by atoms with E-state index in [1.54, 1.807) is 41.3 Å². The molecule has 3 rings (SSSR count). The topological polar surface area (TPSA) is 86.8 Å². The van der Waals surface area contributed by atoms with Crippen LogP contribution < -0.4 is 9.62 Å². The van der Waals surface area contributed by atoms with Gasteiger partial charge in [0.15, 0.2) is 0 Å². The first-order valence-corrected chi connectivity index (χ1v) is 15.7. The monoisotopic (exact) mass is 577 g/mol. The summed E-state index contributed by atoms with van der Waals surface area (Å²) in [7, 11) is -4.09. The van der Waals surface area contributed by atoms with Crippen molar-refractivity contribution in [3.05, 3.63) is 95.1 Å². The van der Waals surface area contributed by atoms with Gasteiger partial charge in [-0.15, -0.1) is 0 Å². The van der Waals surface area contributed by atoms with Crippen molar-refractivity contribution in [3.8, 4) is 0 Å². The van der Waals surface area contributed by atoms with Crippen LogP contribution in [0, 0.1) is 26.7 Å². The third kappa shape index (κ3) is 8.19. The summed E-state index contributed by atoms with van der Waals surface area (Å²) < 4.78 is 29.3. The molecule has 41 heavy (non-hydrogen) atoms. The van der Waals surface area contributed by atoms with Gasteiger partial charge in [-0.1, -0.05) is 80.9 Å². The first-order chi connectivity index (χ1) is 19.4. The number of anilines is 1. The van der Waals surface area contributed by atoms with E-state index in [1.165, 1.54) is 4.31 Å². The van der Waals surface area contributed by atoms with E-state index < -0.39 is 28.5 Å². The summed E-state index contributed by atoms with van der Waals surface area (Å²) in [5.41, 5.74) is 4.09. The minimum absolute atomic E-state index is 0.106. The number of hydrogen-bond donors (Lipinski definition) is 1. The highest BCUT2D eigenvalue weighted by Gasteiger charge is 2.34. The summed E-state index contributed by atoms with van der Waals surface area (Å²) in [6.07, 6.45) is 0.938. The molecule has 3 aromatic rings. The van der Waals surface area contributed by atoms with Crippen molar-refractivity contribution in [2.24, 2.45) is 5.92 Å². The van der Waals surface area contributed by atoms with Crippen LogP contribution >= 0.6 is 0 Å². The molecule has 7 nitrogen and oxygen atoms in total. The van der Waals surface area contributed by atoms with Crippen molar-refractivity contribution in [3.63, 3.8) is 0 Å². The normalized spacial score (nSPS) is 12.2. The van der Waals surface area contributed by atoms with Crippen molar-refractivity contribution in [2.45, 2.75) is 65.3 Å². The lowest BCUT2D eigenvalue weighted by molar-refractivity contribution is -0.139. The third-order valence-corrected chi connectivity index (χ3v) is 9.06. The van der Waals surface area contributed by atoms with Crippen LogP contribution in [0.3, 0.4) is 0 Å². The van der Waals surface area contributed by atoms with Crippen LogP contribution in [0.25, 0.3) is 0 Å². The lowest BCUT2D eigenvalue weighted by atomic mass is 10.1. The second kappa shape index (κ2) is 14.3. The Bertz CT molecular complexity index is 1420. The molecule has 0 saturated heterocycles. The Morgan fingerprint density at radius 1 is 0.878 bits per heavy atom. The summed E-state index contributed by atoms with van der Waals surface area (Å²) in [4.78, 5) is 29.1. The van der Waals surface area contributed by atoms with Gasteiger partial charge in [0.05, 0.1) is 10.6 Å². The predicted molar refractivity (Wildman–Crippen MR) is 165 cm³/mol. The smallest absolute Gasteiger partial charge is 0.264 e. The summed E-state index contributed by atoms with van der Waals surface area (Å²) in [5, 5.41) is 2.96. The molecule has 0 fully saturated rings. The Kier molecular flexibility index (Phi) is 11.1. The van der Waals surface area contributed by atoms with Gasteiger partial charge in [-0.3, -0.25) is 13.9 Å². The van der Waals surface area contributed by atoms with E-state index in [2.05, 4.69) is 5.32 Å². The van der Waals surface area contributed by atoms with Gasteiger partial charge in [0, 0.05) is 13.1 Å². The lowest BCUT2D eigenvalue weighted by Gasteiger charge is -2.34. The molecule has 0 aromatic heterocycles. The minimum Gasteiger partial charge on any atom is -0.354 e. The Balaban J connectivity index is 2.04. The Labute approximate surface area is 245 Å². The summed E-state index contributed by atoms with van der Waals surface area (Å²) in [5.74, 6) is -0.407. The fourth-order valence-corrected chi connectivity index (χ4v) is 6.15. The fourth-order valence-electron chi connectivity index (χ4n) is 4.68. The van der Waals surface area contributed by atoms with Gasteiger partial charge in [0.25, 0.3) is 10.0 Å². The zero-order chi connectivity index (χ0) is 30.2. The molecule has 220 valence electrons. The highest BCUT2D eigenvalue weighted by Crippen LogP contribution is 2.29. The molecule has 0 radical (unpaired) electrons. The Morgan fingerprint density at radius 3 is 2.15 bits per heavy atom. The number of carbonyl (C=O) groups excluding carboxylic acids is 2. The molecular weight excluding hydrogens is 534 g/mol. The molecular formula is C33H43N3O4S. The largest absolute Gasteiger partial charge is 0.354 e. The SMILES string of the molecule is CCC(C(=O)NCC(C)C)N(CCc1ccccc1)C(=O)CN(c1cccc(C)c1C)S(=O)(=O)c1ccc(C)cc1. The van der Waals surface area contributed by atoms with E-state index in [1.807, 2.05) is 77.9 Å². The lowest BCUT2D eigenvalue weighted by Crippen LogP contribution is -2.53. The van der Waals surface area contributed by atoms with E-state index in [0.29, 0.717) is 25.1 Å². The summed E-state index contributed by atoms with van der Waals surface area (Å²) in [6, 6.07) is 21.1. The first kappa shape index (κ1) is 31.9. The van der Waals surface area contributed by atoms with E-state index in [9.17, 15) is 18.0 Å². The molecule has 0 spiro atoms. The summed E-state index contributed by atoms with van der Waals surface area (Å²) in [6.45, 7) is 11.9. The number of benzene rings is 3. The zero-order valence-electron chi connectivity index (χ0n) is 25.1. The number of amides is 2. The minimum atomic E-state index is -4.09. The maximum Gasteiger partial charge on any atom is 0.264 e. The number of nitrogens with zero attached hydrogens (tertiary/aromatic N) is 2. The van der Waals surface area contributed by atoms with Crippen LogP contribution in [0.5, 0.6) is 0 Å². The number of carbonyl (C=O) groups is 2. The number of hydrogen-bond acceptors (Lipinski definition) is 4. The van der Waals surface area contributed by atoms with Gasteiger partial charge in [0.2, 0.25) is 11.8 Å². The number of aryl methyl sites for hydroxylation is 2. The molecule has 0 saturated carbocycles. The molecule has 0 aliphatic carbocycles. The Hall–Kier alpha value is -3.65. The molecule has 8 heteroatoms. The highest BCUT2D eigenvalue weighted by atomic mass is 32.2. The highest BCUT2D eigenvalue weighted by molar-refractivity contribution is 7.92. The second-order valence-corrected chi connectivity index (χ2v) is 12.8. The maximum atomic E-state index is 14.2. The standard InChI is InChI=1S/C33H43N3O4S/c1-7-30(33(38)34-22-24(2)3)35(21-20-28-13-9-8-10-14-28)32(37)23-36(31-15-11-12-26(5)27(31)6)41(39,40)29-18-16-25(4)17-19-29/h8-19,24,30H,7,20-23H2,1-6H3,(H,34,38). The molecule has 1 unspecified atom stereocenters. The average Bonchev–Trinajstić information content (AvgIpc) is 2.95. The molecule has 1 N–H and O–H groups in total. The van der Waals surface area contributed by atoms with Gasteiger partial charge in [-0.2, -0.15) is 0 Å². The number of sulfonamides is 1. The van der Waals surface area contributed by atoms with Gasteiger partial charge >= 0.3 is 0 Å². The van der Waals surface area contributed by atoms with Crippen molar-refractivity contribution in [2.75, 3.05) is 23.9 Å². The van der Waals surface area contributed by atoms with Gasteiger partial charge in [0.1, 0.15) is 12.6 Å². The first-order valence-electron chi connectivity index (χ1n) is 14.2. The maximum absolute atomic E-state index is 14.2. The van der Waals surface area contributed by atoms with Crippen LogP contribution in [-0.4, -0.2) is 50.8 Å². The number of nitrogens with one attached hydrogen (secondary N) is 1. The van der Waals surface area contributed by atoms with Crippen LogP contribution in [0.4, 0.5) is 5.69 Å². The van der Waals surface area contributed by atoms with Crippen LogP contribution in [0.2, 0.25) is 0 Å². The van der Waals surface area contributed by atoms with Crippen LogP contribution in [0.1, 0.15) is 49.4 Å². The fraction of sp³-hybridized carbons (Fsp3) is 0.394. The average molecular weight is 578 g/mol. The zero-order valence-corrected chi connectivity index (χ0v) is 25.9. The van der Waals surface area contributed by atoms with Crippen LogP contribution in [-0.2, 0) is 26.0 Å². The quantitative estimate of drug-likeness (QED) is 0.294. The van der Waals surface area contributed by atoms with E-state index >= 15 is 0 Å². The second-order valence-electron chi connectivity index (χ2n) is 10.9. The third-order valence-electron chi connectivity index (χ3n) is 7.29. The van der Waals surface area contributed by atoms with Gasteiger partial charge < -0.3 is 10.2 Å². The number of rotatable bonds is 13. The van der Waals surface area contributed by atoms with Crippen molar-refractivity contribution < 1.29 is 18.0 Å². The molecule has 0 aliphatic heterocycles. The van der Waals surface area contributed by atoms with E-state index in [-0.39, 0.29) is 23.3 Å². The van der Waals surface area contributed by atoms with Gasteiger partial charge in [-0.05, 0) is 74.4 Å². The van der Waals surface area contributed by atoms with E-state index in [0.717, 1.165) is 22.3 Å². The molecule has 0 heterocycles. The molecule has 3 aromatic carbocycles. The molecule has 2 amide bonds. The predicted octanol–water partition coefficient (Wildman–Crippen LogP) is 5.43. The molecule has 0 aliphatic rings. The Morgan fingerprint density at radius 2 is 1.54 bits per heavy atom. The van der Waals surface area contributed by atoms with Crippen molar-refractivity contribution >= 4 is 27.5 Å². The summed E-state index contributed by atoms with van der Waals surface area (Å²) >= 11 is 0. The molecule has 0 bridgehead atoms. The van der Waals surface area contributed by atoms with Crippen molar-refractivity contribution in [1.29, 1.82) is 0 Å². The van der Waals surface area contributed by atoms with Crippen LogP contribution in [0.15, 0.2) is 77.7 Å².